The first-order chi connectivity index (χ1) is 13.6. The van der Waals surface area contributed by atoms with Crippen LogP contribution in [0.5, 0.6) is 0 Å². The largest absolute Gasteiger partial charge is 0.342 e. The number of hydrogen-bond donors (Lipinski definition) is 0. The van der Waals surface area contributed by atoms with E-state index >= 15 is 0 Å². The SMILES string of the molecule is CN(C(=O)C1CCN(C(=O)C2CC2)CC1)C(c1ccccc1)c1ccccc1. The standard InChI is InChI=1S/C24H28N2O2/c1-25(22(18-8-4-2-5-9-18)19-10-6-3-7-11-19)23(27)21-14-16-26(17-15-21)24(28)20-12-13-20/h2-11,20-22H,12-17H2,1H3. The van der Waals surface area contributed by atoms with E-state index in [0.29, 0.717) is 19.0 Å². The Kier molecular flexibility index (Phi) is 5.47. The molecular formula is C24H28N2O2. The first kappa shape index (κ1) is 18.7. The van der Waals surface area contributed by atoms with Gasteiger partial charge >= 0.3 is 0 Å². The molecular weight excluding hydrogens is 348 g/mol. The van der Waals surface area contributed by atoms with E-state index in [0.717, 1.165) is 36.8 Å². The molecule has 2 aromatic rings. The van der Waals surface area contributed by atoms with Crippen LogP contribution in [0.4, 0.5) is 0 Å². The summed E-state index contributed by atoms with van der Waals surface area (Å²) in [5.41, 5.74) is 2.23. The van der Waals surface area contributed by atoms with Crippen molar-refractivity contribution >= 4 is 11.8 Å². The summed E-state index contributed by atoms with van der Waals surface area (Å²) < 4.78 is 0. The van der Waals surface area contributed by atoms with E-state index in [4.69, 9.17) is 0 Å². The predicted molar refractivity (Wildman–Crippen MR) is 110 cm³/mol. The molecule has 146 valence electrons. The molecule has 4 heteroatoms. The van der Waals surface area contributed by atoms with Gasteiger partial charge in [-0.1, -0.05) is 60.7 Å². The highest BCUT2D eigenvalue weighted by atomic mass is 16.2. The van der Waals surface area contributed by atoms with Gasteiger partial charge in [0.1, 0.15) is 0 Å². The highest BCUT2D eigenvalue weighted by molar-refractivity contribution is 5.82. The average molecular weight is 376 g/mol. The summed E-state index contributed by atoms with van der Waals surface area (Å²) in [6.45, 7) is 1.42. The fraction of sp³-hybridized carbons (Fsp3) is 0.417. The van der Waals surface area contributed by atoms with E-state index in [1.54, 1.807) is 0 Å². The molecule has 1 heterocycles. The molecule has 2 aromatic carbocycles. The number of hydrogen-bond acceptors (Lipinski definition) is 2. The smallest absolute Gasteiger partial charge is 0.226 e. The third kappa shape index (κ3) is 3.96. The number of benzene rings is 2. The van der Waals surface area contributed by atoms with Crippen LogP contribution < -0.4 is 0 Å². The van der Waals surface area contributed by atoms with Crippen molar-refractivity contribution in [2.45, 2.75) is 31.7 Å². The van der Waals surface area contributed by atoms with Crippen LogP contribution in [0, 0.1) is 11.8 Å². The van der Waals surface area contributed by atoms with Crippen molar-refractivity contribution in [1.29, 1.82) is 0 Å². The quantitative estimate of drug-likeness (QED) is 0.794. The molecule has 1 aliphatic heterocycles. The predicted octanol–water partition coefficient (Wildman–Crippen LogP) is 3.88. The van der Waals surface area contributed by atoms with Gasteiger partial charge in [-0.05, 0) is 36.8 Å². The van der Waals surface area contributed by atoms with Gasteiger partial charge in [-0.2, -0.15) is 0 Å². The maximum Gasteiger partial charge on any atom is 0.226 e. The molecule has 0 bridgehead atoms. The zero-order valence-corrected chi connectivity index (χ0v) is 16.5. The van der Waals surface area contributed by atoms with Gasteiger partial charge in [0.2, 0.25) is 11.8 Å². The van der Waals surface area contributed by atoms with Crippen molar-refractivity contribution in [2.75, 3.05) is 20.1 Å². The van der Waals surface area contributed by atoms with E-state index in [1.807, 2.05) is 53.2 Å². The lowest BCUT2D eigenvalue weighted by Gasteiger charge is -2.36. The number of carbonyl (C=O) groups is 2. The molecule has 2 amide bonds. The van der Waals surface area contributed by atoms with Crippen LogP contribution in [0.2, 0.25) is 0 Å². The van der Waals surface area contributed by atoms with Crippen molar-refractivity contribution in [1.82, 2.24) is 9.80 Å². The van der Waals surface area contributed by atoms with Crippen molar-refractivity contribution in [3.8, 4) is 0 Å². The third-order valence-corrected chi connectivity index (χ3v) is 6.05. The number of piperidine rings is 1. The molecule has 4 nitrogen and oxygen atoms in total. The highest BCUT2D eigenvalue weighted by Gasteiger charge is 2.37. The first-order valence-corrected chi connectivity index (χ1v) is 10.3. The summed E-state index contributed by atoms with van der Waals surface area (Å²) in [5.74, 6) is 0.723. The van der Waals surface area contributed by atoms with Crippen LogP contribution in [0.3, 0.4) is 0 Å². The van der Waals surface area contributed by atoms with Gasteiger partial charge in [-0.3, -0.25) is 9.59 Å². The van der Waals surface area contributed by atoms with Gasteiger partial charge < -0.3 is 9.80 Å². The Balaban J connectivity index is 1.48. The topological polar surface area (TPSA) is 40.6 Å². The number of amides is 2. The van der Waals surface area contributed by atoms with E-state index in [-0.39, 0.29) is 23.8 Å². The number of nitrogens with zero attached hydrogens (tertiary/aromatic N) is 2. The van der Waals surface area contributed by atoms with Crippen LogP contribution in [-0.4, -0.2) is 41.8 Å². The normalized spacial score (nSPS) is 17.6. The molecule has 2 aliphatic rings. The Morgan fingerprint density at radius 1 is 0.821 bits per heavy atom. The molecule has 0 radical (unpaired) electrons. The van der Waals surface area contributed by atoms with E-state index in [9.17, 15) is 9.59 Å². The molecule has 0 N–H and O–H groups in total. The average Bonchev–Trinajstić information content (AvgIpc) is 3.60. The lowest BCUT2D eigenvalue weighted by molar-refractivity contribution is -0.141. The Hall–Kier alpha value is -2.62. The van der Waals surface area contributed by atoms with Crippen LogP contribution in [0.25, 0.3) is 0 Å². The lowest BCUT2D eigenvalue weighted by Crippen LogP contribution is -2.44. The van der Waals surface area contributed by atoms with Gasteiger partial charge in [0, 0.05) is 32.0 Å². The van der Waals surface area contributed by atoms with Gasteiger partial charge in [0.25, 0.3) is 0 Å². The zero-order chi connectivity index (χ0) is 19.5. The van der Waals surface area contributed by atoms with Crippen LogP contribution in [0.15, 0.2) is 60.7 Å². The number of likely N-dealkylation sites (tertiary alicyclic amines) is 1. The number of carbonyl (C=O) groups excluding carboxylic acids is 2. The summed E-state index contributed by atoms with van der Waals surface area (Å²) >= 11 is 0. The van der Waals surface area contributed by atoms with Crippen LogP contribution >= 0.6 is 0 Å². The molecule has 1 saturated heterocycles. The lowest BCUT2D eigenvalue weighted by atomic mass is 9.92. The Morgan fingerprint density at radius 3 is 1.79 bits per heavy atom. The molecule has 4 rings (SSSR count). The van der Waals surface area contributed by atoms with Crippen molar-refractivity contribution in [3.63, 3.8) is 0 Å². The molecule has 0 atom stereocenters. The van der Waals surface area contributed by atoms with Gasteiger partial charge in [0.15, 0.2) is 0 Å². The molecule has 1 aliphatic carbocycles. The van der Waals surface area contributed by atoms with Crippen molar-refractivity contribution < 1.29 is 9.59 Å². The molecule has 0 spiro atoms. The maximum atomic E-state index is 13.3. The van der Waals surface area contributed by atoms with Gasteiger partial charge in [0.05, 0.1) is 6.04 Å². The minimum Gasteiger partial charge on any atom is -0.342 e. The number of rotatable bonds is 5. The minimum absolute atomic E-state index is 0.0109. The van der Waals surface area contributed by atoms with E-state index in [2.05, 4.69) is 24.3 Å². The van der Waals surface area contributed by atoms with E-state index < -0.39 is 0 Å². The Morgan fingerprint density at radius 2 is 1.32 bits per heavy atom. The van der Waals surface area contributed by atoms with E-state index in [1.165, 1.54) is 0 Å². The highest BCUT2D eigenvalue weighted by Crippen LogP contribution is 2.34. The van der Waals surface area contributed by atoms with Crippen molar-refractivity contribution in [2.24, 2.45) is 11.8 Å². The Bertz CT molecular complexity index is 770. The fourth-order valence-electron chi connectivity index (χ4n) is 4.26. The molecule has 28 heavy (non-hydrogen) atoms. The monoisotopic (exact) mass is 376 g/mol. The Labute approximate surface area is 167 Å². The third-order valence-electron chi connectivity index (χ3n) is 6.05. The fourth-order valence-corrected chi connectivity index (χ4v) is 4.26. The van der Waals surface area contributed by atoms with Gasteiger partial charge in [-0.25, -0.2) is 0 Å². The molecule has 0 aromatic heterocycles. The summed E-state index contributed by atoms with van der Waals surface area (Å²) in [4.78, 5) is 29.5. The second-order valence-electron chi connectivity index (χ2n) is 8.05. The molecule has 1 saturated carbocycles. The van der Waals surface area contributed by atoms with Crippen LogP contribution in [0.1, 0.15) is 42.9 Å². The minimum atomic E-state index is -0.0963. The summed E-state index contributed by atoms with van der Waals surface area (Å²) in [5, 5.41) is 0. The zero-order valence-electron chi connectivity index (χ0n) is 16.5. The maximum absolute atomic E-state index is 13.3. The van der Waals surface area contributed by atoms with Crippen molar-refractivity contribution in [3.05, 3.63) is 71.8 Å². The molecule has 0 unspecified atom stereocenters. The first-order valence-electron chi connectivity index (χ1n) is 10.3. The summed E-state index contributed by atoms with van der Waals surface area (Å²) in [6, 6.07) is 20.3. The summed E-state index contributed by atoms with van der Waals surface area (Å²) in [6.07, 6.45) is 3.60. The second kappa shape index (κ2) is 8.17. The second-order valence-corrected chi connectivity index (χ2v) is 8.05. The summed E-state index contributed by atoms with van der Waals surface area (Å²) in [7, 11) is 1.91. The van der Waals surface area contributed by atoms with Gasteiger partial charge in [-0.15, -0.1) is 0 Å². The molecule has 2 fully saturated rings. The van der Waals surface area contributed by atoms with Crippen LogP contribution in [-0.2, 0) is 9.59 Å².